The number of aliphatic imine (C=N–C) groups is 1. The summed E-state index contributed by atoms with van der Waals surface area (Å²) >= 11 is 1.72. The third-order valence-electron chi connectivity index (χ3n) is 2.91. The molecule has 0 aliphatic carbocycles. The average molecular weight is 440 g/mol. The van der Waals surface area contributed by atoms with Crippen molar-refractivity contribution in [3.05, 3.63) is 16.1 Å². The van der Waals surface area contributed by atoms with E-state index in [1.165, 1.54) is 12.0 Å². The zero-order valence-electron chi connectivity index (χ0n) is 13.3. The van der Waals surface area contributed by atoms with Crippen molar-refractivity contribution in [1.82, 2.24) is 15.6 Å². The van der Waals surface area contributed by atoms with Gasteiger partial charge in [0.05, 0.1) is 13.7 Å². The van der Waals surface area contributed by atoms with Crippen LogP contribution in [0.15, 0.2) is 11.2 Å². The smallest absolute Gasteiger partial charge is 0.305 e. The van der Waals surface area contributed by atoms with Crippen LogP contribution in [0.3, 0.4) is 0 Å². The van der Waals surface area contributed by atoms with Gasteiger partial charge in [0.1, 0.15) is 5.01 Å². The van der Waals surface area contributed by atoms with Gasteiger partial charge in [-0.15, -0.1) is 35.3 Å². The Bertz CT molecular complexity index is 465. The van der Waals surface area contributed by atoms with Crippen molar-refractivity contribution in [3.63, 3.8) is 0 Å². The molecule has 0 atom stereocenters. The molecule has 0 aliphatic heterocycles. The van der Waals surface area contributed by atoms with Crippen LogP contribution in [0.5, 0.6) is 0 Å². The average Bonchev–Trinajstić information content (AvgIpc) is 2.97. The molecule has 0 bridgehead atoms. The molecule has 0 unspecified atom stereocenters. The summed E-state index contributed by atoms with van der Waals surface area (Å²) in [4.78, 5) is 20.8. The van der Waals surface area contributed by atoms with Gasteiger partial charge in [-0.05, 0) is 19.3 Å². The van der Waals surface area contributed by atoms with E-state index in [1.54, 1.807) is 18.4 Å². The fourth-order valence-corrected chi connectivity index (χ4v) is 2.48. The summed E-state index contributed by atoms with van der Waals surface area (Å²) in [6.45, 7) is 3.57. The number of esters is 1. The first-order valence-electron chi connectivity index (χ1n) is 7.14. The minimum absolute atomic E-state index is 0. The van der Waals surface area contributed by atoms with Gasteiger partial charge in [0, 0.05) is 31.1 Å². The second kappa shape index (κ2) is 12.6. The zero-order valence-corrected chi connectivity index (χ0v) is 16.5. The highest BCUT2D eigenvalue weighted by atomic mass is 127. The number of unbranched alkanes of at least 4 members (excludes halogenated alkanes) is 1. The van der Waals surface area contributed by atoms with E-state index in [1.807, 2.05) is 6.20 Å². The number of aryl methyl sites for hydroxylation is 1. The first-order valence-corrected chi connectivity index (χ1v) is 7.96. The molecule has 0 fully saturated rings. The fraction of sp³-hybridized carbons (Fsp3) is 0.643. The number of hydrogen-bond donors (Lipinski definition) is 2. The number of thiazole rings is 1. The summed E-state index contributed by atoms with van der Waals surface area (Å²) < 4.78 is 4.60. The highest BCUT2D eigenvalue weighted by Gasteiger charge is 2.03. The van der Waals surface area contributed by atoms with Crippen molar-refractivity contribution in [2.75, 3.05) is 20.7 Å². The third-order valence-corrected chi connectivity index (χ3v) is 4.05. The predicted octanol–water partition coefficient (Wildman–Crippen LogP) is 2.33. The van der Waals surface area contributed by atoms with Crippen molar-refractivity contribution >= 4 is 47.2 Å². The molecule has 0 amide bonds. The van der Waals surface area contributed by atoms with Gasteiger partial charge in [-0.1, -0.05) is 6.92 Å². The molecule has 8 heteroatoms. The van der Waals surface area contributed by atoms with Crippen LogP contribution in [0.25, 0.3) is 0 Å². The van der Waals surface area contributed by atoms with Crippen LogP contribution in [-0.2, 0) is 22.5 Å². The molecule has 0 aliphatic rings. The highest BCUT2D eigenvalue weighted by molar-refractivity contribution is 14.0. The van der Waals surface area contributed by atoms with E-state index in [0.29, 0.717) is 13.0 Å². The molecule has 126 valence electrons. The van der Waals surface area contributed by atoms with E-state index in [2.05, 4.69) is 32.3 Å². The molecular formula is C14H25IN4O2S. The second-order valence-corrected chi connectivity index (χ2v) is 5.66. The predicted molar refractivity (Wildman–Crippen MR) is 101 cm³/mol. The van der Waals surface area contributed by atoms with Gasteiger partial charge in [-0.3, -0.25) is 9.79 Å². The van der Waals surface area contributed by atoms with Gasteiger partial charge >= 0.3 is 5.97 Å². The maximum atomic E-state index is 11.0. The Morgan fingerprint density at radius 3 is 2.77 bits per heavy atom. The van der Waals surface area contributed by atoms with Gasteiger partial charge in [0.25, 0.3) is 0 Å². The Morgan fingerprint density at radius 1 is 1.41 bits per heavy atom. The number of aromatic nitrogens is 1. The van der Waals surface area contributed by atoms with E-state index in [0.717, 1.165) is 36.8 Å². The van der Waals surface area contributed by atoms with Crippen LogP contribution in [0, 0.1) is 0 Å². The normalized spacial score (nSPS) is 10.8. The number of carbonyl (C=O) groups excluding carboxylic acids is 1. The molecule has 2 N–H and O–H groups in total. The van der Waals surface area contributed by atoms with Crippen LogP contribution < -0.4 is 10.6 Å². The minimum Gasteiger partial charge on any atom is -0.469 e. The molecule has 0 saturated heterocycles. The van der Waals surface area contributed by atoms with E-state index in [4.69, 9.17) is 0 Å². The molecule has 22 heavy (non-hydrogen) atoms. The monoisotopic (exact) mass is 440 g/mol. The summed E-state index contributed by atoms with van der Waals surface area (Å²) in [5.41, 5.74) is 0. The number of guanidine groups is 1. The number of halogens is 1. The number of ether oxygens (including phenoxy) is 1. The number of rotatable bonds is 8. The Kier molecular flexibility index (Phi) is 12.1. The van der Waals surface area contributed by atoms with Crippen molar-refractivity contribution in [2.45, 2.75) is 39.2 Å². The number of hydrogen-bond acceptors (Lipinski definition) is 5. The van der Waals surface area contributed by atoms with E-state index >= 15 is 0 Å². The van der Waals surface area contributed by atoms with Gasteiger partial charge in [0.15, 0.2) is 5.96 Å². The molecule has 0 radical (unpaired) electrons. The molecule has 0 aromatic carbocycles. The van der Waals surface area contributed by atoms with Gasteiger partial charge in [-0.2, -0.15) is 0 Å². The summed E-state index contributed by atoms with van der Waals surface area (Å²) in [6.07, 6.45) is 5.11. The lowest BCUT2D eigenvalue weighted by Gasteiger charge is -2.10. The molecule has 0 saturated carbocycles. The number of methoxy groups -OCH3 is 1. The van der Waals surface area contributed by atoms with Crippen LogP contribution in [0.4, 0.5) is 0 Å². The Balaban J connectivity index is 0.00000441. The first kappa shape index (κ1) is 21.1. The Hall–Kier alpha value is -0.900. The molecule has 6 nitrogen and oxygen atoms in total. The maximum Gasteiger partial charge on any atom is 0.305 e. The van der Waals surface area contributed by atoms with Crippen molar-refractivity contribution in [1.29, 1.82) is 0 Å². The largest absolute Gasteiger partial charge is 0.469 e. The van der Waals surface area contributed by atoms with Crippen molar-refractivity contribution < 1.29 is 9.53 Å². The molecule has 0 spiro atoms. The molecule has 1 rings (SSSR count). The van der Waals surface area contributed by atoms with Gasteiger partial charge < -0.3 is 15.4 Å². The molecule has 1 heterocycles. The Morgan fingerprint density at radius 2 is 2.18 bits per heavy atom. The standard InChI is InChI=1S/C14H24N4O2S.HI/c1-4-11-9-17-12(21-11)10-18-14(15-2)16-8-6-5-7-13(19)20-3;/h9H,4-8,10H2,1-3H3,(H2,15,16,18);1H. The third kappa shape index (κ3) is 8.52. The first-order chi connectivity index (χ1) is 10.2. The lowest BCUT2D eigenvalue weighted by Crippen LogP contribution is -2.37. The lowest BCUT2D eigenvalue weighted by molar-refractivity contribution is -0.140. The summed E-state index contributed by atoms with van der Waals surface area (Å²) in [6, 6.07) is 0. The van der Waals surface area contributed by atoms with E-state index < -0.39 is 0 Å². The summed E-state index contributed by atoms with van der Waals surface area (Å²) in [7, 11) is 3.15. The van der Waals surface area contributed by atoms with Crippen LogP contribution in [-0.4, -0.2) is 37.6 Å². The molecule has 1 aromatic rings. The van der Waals surface area contributed by atoms with E-state index in [-0.39, 0.29) is 29.9 Å². The van der Waals surface area contributed by atoms with Crippen LogP contribution in [0.1, 0.15) is 36.1 Å². The topological polar surface area (TPSA) is 75.6 Å². The second-order valence-electron chi connectivity index (χ2n) is 4.46. The van der Waals surface area contributed by atoms with Crippen molar-refractivity contribution in [2.24, 2.45) is 4.99 Å². The summed E-state index contributed by atoms with van der Waals surface area (Å²) in [5.74, 6) is 0.592. The summed E-state index contributed by atoms with van der Waals surface area (Å²) in [5, 5.41) is 7.50. The van der Waals surface area contributed by atoms with Crippen LogP contribution in [0.2, 0.25) is 0 Å². The lowest BCUT2D eigenvalue weighted by atomic mass is 10.2. The fourth-order valence-electron chi connectivity index (χ4n) is 1.68. The zero-order chi connectivity index (χ0) is 15.5. The Labute approximate surface area is 153 Å². The van der Waals surface area contributed by atoms with Gasteiger partial charge in [-0.25, -0.2) is 4.98 Å². The van der Waals surface area contributed by atoms with E-state index in [9.17, 15) is 4.79 Å². The molecular weight excluding hydrogens is 415 g/mol. The van der Waals surface area contributed by atoms with Crippen molar-refractivity contribution in [3.8, 4) is 0 Å². The quantitative estimate of drug-likeness (QED) is 0.213. The highest BCUT2D eigenvalue weighted by Crippen LogP contribution is 2.12. The number of carbonyl (C=O) groups is 1. The minimum atomic E-state index is -0.159. The van der Waals surface area contributed by atoms with Crippen LogP contribution >= 0.6 is 35.3 Å². The molecule has 1 aromatic heterocycles. The number of nitrogens with one attached hydrogen (secondary N) is 2. The van der Waals surface area contributed by atoms with Gasteiger partial charge in [0.2, 0.25) is 0 Å². The maximum absolute atomic E-state index is 11.0. The number of nitrogens with zero attached hydrogens (tertiary/aromatic N) is 2. The SMILES string of the molecule is CCc1cnc(CNC(=NC)NCCCCC(=O)OC)s1.I.